The molecule has 7 nitrogen and oxygen atoms in total. The van der Waals surface area contributed by atoms with E-state index in [4.69, 9.17) is 18.9 Å². The average Bonchev–Trinajstić information content (AvgIpc) is 2.99. The number of esters is 2. The van der Waals surface area contributed by atoms with Gasteiger partial charge in [-0.05, 0) is 68.4 Å². The molecule has 3 aromatic rings. The first-order valence-corrected chi connectivity index (χ1v) is 13.6. The maximum atomic E-state index is 13.3. The molecule has 2 aliphatic carbocycles. The summed E-state index contributed by atoms with van der Waals surface area (Å²) in [5, 5.41) is 0. The number of hydrogen-bond acceptors (Lipinski definition) is 7. The van der Waals surface area contributed by atoms with Gasteiger partial charge in [-0.15, -0.1) is 0 Å². The van der Waals surface area contributed by atoms with E-state index in [0.29, 0.717) is 34.8 Å². The summed E-state index contributed by atoms with van der Waals surface area (Å²) in [5.74, 6) is 0.842. The van der Waals surface area contributed by atoms with Crippen LogP contribution >= 0.6 is 0 Å². The lowest BCUT2D eigenvalue weighted by atomic mass is 9.53. The molecule has 1 aliphatic heterocycles. The molecule has 0 radical (unpaired) electrons. The van der Waals surface area contributed by atoms with Crippen LogP contribution < -0.4 is 9.47 Å². The second-order valence-corrected chi connectivity index (χ2v) is 10.8. The Balaban J connectivity index is 1.46. The van der Waals surface area contributed by atoms with E-state index in [2.05, 4.69) is 24.1 Å². The Kier molecular flexibility index (Phi) is 6.84. The van der Waals surface area contributed by atoms with Crippen LogP contribution in [0.5, 0.6) is 11.5 Å². The molecule has 1 saturated heterocycles. The number of fused-ring (bicyclic) bond motifs is 1. The molecular formula is C33H33NO6. The van der Waals surface area contributed by atoms with E-state index in [-0.39, 0.29) is 12.0 Å². The van der Waals surface area contributed by atoms with Gasteiger partial charge >= 0.3 is 11.9 Å². The monoisotopic (exact) mass is 539 g/mol. The van der Waals surface area contributed by atoms with E-state index in [9.17, 15) is 9.59 Å². The fourth-order valence-electron chi connectivity index (χ4n) is 6.86. The first kappa shape index (κ1) is 26.1. The van der Waals surface area contributed by atoms with Crippen LogP contribution in [0.15, 0.2) is 84.6 Å². The first-order chi connectivity index (χ1) is 19.4. The predicted octanol–water partition coefficient (Wildman–Crippen LogP) is 5.19. The molecule has 0 N–H and O–H groups in total. The zero-order valence-corrected chi connectivity index (χ0v) is 23.0. The molecule has 6 rings (SSSR count). The number of carbonyl (C=O) groups is 2. The van der Waals surface area contributed by atoms with Crippen molar-refractivity contribution in [2.24, 2.45) is 5.92 Å². The fourth-order valence-corrected chi connectivity index (χ4v) is 6.86. The Morgan fingerprint density at radius 3 is 2.20 bits per heavy atom. The molecule has 7 heteroatoms. The molecule has 1 unspecified atom stereocenters. The maximum Gasteiger partial charge on any atom is 0.343 e. The zero-order valence-electron chi connectivity index (χ0n) is 23.0. The highest BCUT2D eigenvalue weighted by atomic mass is 16.6. The molecule has 206 valence electrons. The van der Waals surface area contributed by atoms with Gasteiger partial charge < -0.3 is 23.8 Å². The van der Waals surface area contributed by atoms with Crippen molar-refractivity contribution in [1.82, 2.24) is 4.90 Å². The van der Waals surface area contributed by atoms with E-state index in [0.717, 1.165) is 30.5 Å². The van der Waals surface area contributed by atoms with Crippen LogP contribution in [-0.4, -0.2) is 56.8 Å². The van der Waals surface area contributed by atoms with Crippen LogP contribution in [0.25, 0.3) is 0 Å². The number of piperidine rings is 1. The van der Waals surface area contributed by atoms with E-state index in [1.165, 1.54) is 0 Å². The standard InChI is InChI=1S/C33H33NO6/c1-34-17-16-33-20-28(39-31(35)21-10-6-4-7-11-21)27(38-3)19-24(33)25(34)18-23-14-15-26(37-2)30(29(23)33)40-32(36)22-12-8-5-9-13-22/h4-15,19,24-25,28H,16-18,20H2,1-3H3/t24-,25+,28?,33-/m0/s1. The number of ether oxygens (including phenoxy) is 4. The smallest absolute Gasteiger partial charge is 0.343 e. The minimum absolute atomic E-state index is 0.0710. The molecule has 0 spiro atoms. The lowest BCUT2D eigenvalue weighted by Gasteiger charge is -2.58. The summed E-state index contributed by atoms with van der Waals surface area (Å²) in [6, 6.07) is 22.2. The molecule has 2 bridgehead atoms. The number of likely N-dealkylation sites (N-methyl/N-ethyl adjacent to an activating group) is 1. The van der Waals surface area contributed by atoms with Crippen LogP contribution in [0, 0.1) is 5.92 Å². The van der Waals surface area contributed by atoms with Gasteiger partial charge in [-0.1, -0.05) is 42.5 Å². The van der Waals surface area contributed by atoms with Gasteiger partial charge in [0.25, 0.3) is 0 Å². The molecule has 3 aromatic carbocycles. The number of hydrogen-bond donors (Lipinski definition) is 0. The van der Waals surface area contributed by atoms with Crippen molar-refractivity contribution < 1.29 is 28.5 Å². The molecular weight excluding hydrogens is 506 g/mol. The number of methoxy groups -OCH3 is 2. The number of likely N-dealkylation sites (tertiary alicyclic amines) is 1. The summed E-state index contributed by atoms with van der Waals surface area (Å²) in [7, 11) is 5.37. The zero-order chi connectivity index (χ0) is 27.9. The van der Waals surface area contributed by atoms with E-state index in [1.807, 2.05) is 42.5 Å². The Morgan fingerprint density at radius 2 is 1.55 bits per heavy atom. The largest absolute Gasteiger partial charge is 0.497 e. The third kappa shape index (κ3) is 4.34. The summed E-state index contributed by atoms with van der Waals surface area (Å²) in [5.41, 5.74) is 2.59. The first-order valence-electron chi connectivity index (χ1n) is 13.6. The second kappa shape index (κ2) is 10.5. The van der Waals surface area contributed by atoms with Crippen molar-refractivity contribution in [1.29, 1.82) is 0 Å². The summed E-state index contributed by atoms with van der Waals surface area (Å²) in [6.45, 7) is 0.861. The Hall–Kier alpha value is -4.10. The number of benzene rings is 3. The summed E-state index contributed by atoms with van der Waals surface area (Å²) in [4.78, 5) is 28.9. The average molecular weight is 540 g/mol. The Bertz CT molecular complexity index is 1450. The molecule has 1 heterocycles. The van der Waals surface area contributed by atoms with Gasteiger partial charge in [0.1, 0.15) is 5.76 Å². The van der Waals surface area contributed by atoms with Crippen molar-refractivity contribution >= 4 is 11.9 Å². The minimum Gasteiger partial charge on any atom is -0.497 e. The molecule has 40 heavy (non-hydrogen) atoms. The number of nitrogens with zero attached hydrogens (tertiary/aromatic N) is 1. The molecule has 1 fully saturated rings. The Labute approximate surface area is 234 Å². The number of carbonyl (C=O) groups excluding carboxylic acids is 2. The van der Waals surface area contributed by atoms with Crippen LogP contribution in [-0.2, 0) is 21.3 Å². The van der Waals surface area contributed by atoms with Gasteiger partial charge in [-0.2, -0.15) is 0 Å². The molecule has 0 saturated carbocycles. The summed E-state index contributed by atoms with van der Waals surface area (Å²) < 4.78 is 23.9. The molecule has 4 atom stereocenters. The van der Waals surface area contributed by atoms with Crippen LogP contribution in [0.4, 0.5) is 0 Å². The van der Waals surface area contributed by atoms with E-state index >= 15 is 0 Å². The van der Waals surface area contributed by atoms with Crippen LogP contribution in [0.2, 0.25) is 0 Å². The number of rotatable bonds is 6. The Morgan fingerprint density at radius 1 is 0.875 bits per heavy atom. The van der Waals surface area contributed by atoms with Gasteiger partial charge in [-0.25, -0.2) is 9.59 Å². The minimum atomic E-state index is -0.590. The van der Waals surface area contributed by atoms with Crippen LogP contribution in [0.3, 0.4) is 0 Å². The summed E-state index contributed by atoms with van der Waals surface area (Å²) >= 11 is 0. The molecule has 3 aliphatic rings. The van der Waals surface area contributed by atoms with Crippen LogP contribution in [0.1, 0.15) is 44.7 Å². The van der Waals surface area contributed by atoms with E-state index in [1.54, 1.807) is 38.5 Å². The van der Waals surface area contributed by atoms with Crippen molar-refractivity contribution in [2.75, 3.05) is 27.8 Å². The highest BCUT2D eigenvalue weighted by Crippen LogP contribution is 2.59. The lowest BCUT2D eigenvalue weighted by Crippen LogP contribution is -2.61. The molecule has 0 amide bonds. The highest BCUT2D eigenvalue weighted by Gasteiger charge is 2.57. The fraction of sp³-hybridized carbons (Fsp3) is 0.333. The maximum absolute atomic E-state index is 13.3. The van der Waals surface area contributed by atoms with Gasteiger partial charge in [-0.3, -0.25) is 0 Å². The van der Waals surface area contributed by atoms with Gasteiger partial charge in [0, 0.05) is 29.4 Å². The van der Waals surface area contributed by atoms with Crippen molar-refractivity contribution in [3.63, 3.8) is 0 Å². The van der Waals surface area contributed by atoms with Crippen molar-refractivity contribution in [2.45, 2.75) is 36.8 Å². The highest BCUT2D eigenvalue weighted by molar-refractivity contribution is 5.92. The van der Waals surface area contributed by atoms with Gasteiger partial charge in [0.15, 0.2) is 17.6 Å². The second-order valence-electron chi connectivity index (χ2n) is 10.8. The lowest BCUT2D eigenvalue weighted by molar-refractivity contribution is -0.0215. The quantitative estimate of drug-likeness (QED) is 0.315. The van der Waals surface area contributed by atoms with Gasteiger partial charge in [0.05, 0.1) is 25.3 Å². The normalized spacial score (nSPS) is 25.1. The topological polar surface area (TPSA) is 74.3 Å². The van der Waals surface area contributed by atoms with Crippen molar-refractivity contribution in [3.8, 4) is 11.5 Å². The van der Waals surface area contributed by atoms with E-state index < -0.39 is 23.5 Å². The summed E-state index contributed by atoms with van der Waals surface area (Å²) in [6.07, 6.45) is 3.65. The third-order valence-electron chi connectivity index (χ3n) is 8.79. The molecule has 0 aromatic heterocycles. The third-order valence-corrected chi connectivity index (χ3v) is 8.79. The predicted molar refractivity (Wildman–Crippen MR) is 150 cm³/mol. The van der Waals surface area contributed by atoms with Gasteiger partial charge in [0.2, 0.25) is 0 Å². The van der Waals surface area contributed by atoms with Crippen molar-refractivity contribution in [3.05, 3.63) is 107 Å². The SMILES string of the molecule is COC1=C[C@H]2[C@H]3Cc4ccc(OC)c(OC(=O)c5ccccc5)c4[C@@]2(CCN3C)CC1OC(=O)c1ccccc1.